The van der Waals surface area contributed by atoms with Gasteiger partial charge in [-0.2, -0.15) is 0 Å². The molecule has 0 aromatic heterocycles. The number of carboxylic acids is 1. The maximum atomic E-state index is 13.7. The highest BCUT2D eigenvalue weighted by atomic mass is 35.5. The number of aromatic carboxylic acids is 1. The predicted octanol–water partition coefficient (Wildman–Crippen LogP) is 4.47. The van der Waals surface area contributed by atoms with E-state index >= 15 is 0 Å². The fraction of sp³-hybridized carbons (Fsp3) is 0.464. The van der Waals surface area contributed by atoms with E-state index in [2.05, 4.69) is 5.32 Å². The van der Waals surface area contributed by atoms with Crippen molar-refractivity contribution in [3.05, 3.63) is 70.2 Å². The molecule has 1 aliphatic heterocycles. The molecule has 4 rings (SSSR count). The molecule has 0 spiro atoms. The summed E-state index contributed by atoms with van der Waals surface area (Å²) >= 11 is 6.04. The molecule has 1 heterocycles. The SMILES string of the molecule is CC1(C)CN(C(=O)[C@H]2CCCC[C@H]2NC(=O)c2ccc(C(=O)O)cc2)CC[C@]1(O)c1ccc(Cl)cc1. The zero-order valence-electron chi connectivity index (χ0n) is 20.7. The van der Waals surface area contributed by atoms with Gasteiger partial charge in [0.1, 0.15) is 0 Å². The molecule has 2 aliphatic rings. The van der Waals surface area contributed by atoms with Crippen molar-refractivity contribution in [3.63, 3.8) is 0 Å². The van der Waals surface area contributed by atoms with Gasteiger partial charge in [0.15, 0.2) is 0 Å². The monoisotopic (exact) mass is 512 g/mol. The lowest BCUT2D eigenvalue weighted by Gasteiger charge is -2.51. The van der Waals surface area contributed by atoms with E-state index in [0.717, 1.165) is 18.4 Å². The Morgan fingerprint density at radius 2 is 1.58 bits per heavy atom. The Balaban J connectivity index is 1.46. The number of nitrogens with zero attached hydrogens (tertiary/aromatic N) is 1. The van der Waals surface area contributed by atoms with E-state index in [0.29, 0.717) is 42.9 Å². The van der Waals surface area contributed by atoms with Gasteiger partial charge in [-0.05, 0) is 61.2 Å². The minimum absolute atomic E-state index is 0.00690. The first kappa shape index (κ1) is 26.2. The molecular formula is C28H33ClN2O5. The molecule has 8 heteroatoms. The van der Waals surface area contributed by atoms with E-state index in [1.54, 1.807) is 12.1 Å². The minimum Gasteiger partial charge on any atom is -0.478 e. The summed E-state index contributed by atoms with van der Waals surface area (Å²) in [5.74, 6) is -1.69. The molecule has 0 unspecified atom stereocenters. The molecule has 2 aromatic carbocycles. The first-order valence-electron chi connectivity index (χ1n) is 12.4. The number of hydrogen-bond acceptors (Lipinski definition) is 4. The van der Waals surface area contributed by atoms with E-state index in [4.69, 9.17) is 16.7 Å². The lowest BCUT2D eigenvalue weighted by Crippen LogP contribution is -2.59. The standard InChI is InChI=1S/C28H33ClN2O5/c1-27(2)17-31(16-15-28(27,36)20-11-13-21(29)14-12-20)25(33)22-5-3-4-6-23(22)30-24(32)18-7-9-19(10-8-18)26(34)35/h7-14,22-23,36H,3-6,15-17H2,1-2H3,(H,30,32)(H,34,35)/t22-,23+,28-/m0/s1. The van der Waals surface area contributed by atoms with Crippen LogP contribution in [0.1, 0.15) is 72.2 Å². The van der Waals surface area contributed by atoms with Gasteiger partial charge >= 0.3 is 5.97 Å². The maximum Gasteiger partial charge on any atom is 0.335 e. The number of carbonyl (C=O) groups is 3. The van der Waals surface area contributed by atoms with E-state index < -0.39 is 17.0 Å². The zero-order valence-corrected chi connectivity index (χ0v) is 21.4. The topological polar surface area (TPSA) is 107 Å². The molecule has 3 atom stereocenters. The van der Waals surface area contributed by atoms with Crippen LogP contribution in [0.15, 0.2) is 48.5 Å². The summed E-state index contributed by atoms with van der Waals surface area (Å²) < 4.78 is 0. The number of amides is 2. The van der Waals surface area contributed by atoms with Crippen molar-refractivity contribution in [3.8, 4) is 0 Å². The minimum atomic E-state index is -1.09. The molecule has 7 nitrogen and oxygen atoms in total. The molecule has 2 aromatic rings. The highest BCUT2D eigenvalue weighted by Gasteiger charge is 2.50. The average molecular weight is 513 g/mol. The predicted molar refractivity (Wildman–Crippen MR) is 137 cm³/mol. The first-order chi connectivity index (χ1) is 17.0. The Morgan fingerprint density at radius 1 is 0.972 bits per heavy atom. The van der Waals surface area contributed by atoms with Gasteiger partial charge < -0.3 is 20.4 Å². The summed E-state index contributed by atoms with van der Waals surface area (Å²) in [6, 6.07) is 12.7. The van der Waals surface area contributed by atoms with Crippen LogP contribution < -0.4 is 5.32 Å². The fourth-order valence-corrected chi connectivity index (χ4v) is 5.75. The van der Waals surface area contributed by atoms with Gasteiger partial charge in [0, 0.05) is 35.1 Å². The van der Waals surface area contributed by atoms with Crippen LogP contribution in [0, 0.1) is 11.3 Å². The third-order valence-electron chi connectivity index (χ3n) is 7.88. The fourth-order valence-electron chi connectivity index (χ4n) is 5.62. The van der Waals surface area contributed by atoms with E-state index in [-0.39, 0.29) is 29.3 Å². The van der Waals surface area contributed by atoms with Gasteiger partial charge in [0.05, 0.1) is 17.1 Å². The Hall–Kier alpha value is -2.90. The summed E-state index contributed by atoms with van der Waals surface area (Å²) in [7, 11) is 0. The van der Waals surface area contributed by atoms with Crippen LogP contribution in [-0.4, -0.2) is 52.0 Å². The molecule has 192 valence electrons. The zero-order chi connectivity index (χ0) is 26.1. The van der Waals surface area contributed by atoms with Crippen LogP contribution in [0.5, 0.6) is 0 Å². The van der Waals surface area contributed by atoms with Crippen molar-refractivity contribution in [1.82, 2.24) is 10.2 Å². The second kappa shape index (κ2) is 10.2. The highest BCUT2D eigenvalue weighted by Crippen LogP contribution is 2.46. The number of carbonyl (C=O) groups excluding carboxylic acids is 2. The normalized spacial score (nSPS) is 25.7. The summed E-state index contributed by atoms with van der Waals surface area (Å²) in [5.41, 5.74) is -0.404. The third-order valence-corrected chi connectivity index (χ3v) is 8.13. The van der Waals surface area contributed by atoms with Crippen molar-refractivity contribution in [1.29, 1.82) is 0 Å². The molecule has 36 heavy (non-hydrogen) atoms. The van der Waals surface area contributed by atoms with Crippen molar-refractivity contribution < 1.29 is 24.6 Å². The van der Waals surface area contributed by atoms with Crippen LogP contribution in [0.2, 0.25) is 5.02 Å². The number of aliphatic hydroxyl groups is 1. The van der Waals surface area contributed by atoms with E-state index in [1.165, 1.54) is 24.3 Å². The quantitative estimate of drug-likeness (QED) is 0.548. The van der Waals surface area contributed by atoms with Gasteiger partial charge in [0.25, 0.3) is 5.91 Å². The van der Waals surface area contributed by atoms with Gasteiger partial charge in [-0.3, -0.25) is 9.59 Å². The largest absolute Gasteiger partial charge is 0.478 e. The summed E-state index contributed by atoms with van der Waals surface area (Å²) in [6.45, 7) is 4.78. The number of rotatable bonds is 5. The van der Waals surface area contributed by atoms with Crippen LogP contribution in [-0.2, 0) is 10.4 Å². The lowest BCUT2D eigenvalue weighted by atomic mass is 9.66. The average Bonchev–Trinajstić information content (AvgIpc) is 2.86. The Bertz CT molecular complexity index is 1130. The Labute approximate surface area is 216 Å². The van der Waals surface area contributed by atoms with E-state index in [9.17, 15) is 19.5 Å². The molecule has 1 aliphatic carbocycles. The molecule has 1 saturated heterocycles. The number of benzene rings is 2. The van der Waals surface area contributed by atoms with Crippen molar-refractivity contribution in [2.75, 3.05) is 13.1 Å². The van der Waals surface area contributed by atoms with Crippen molar-refractivity contribution >= 4 is 29.4 Å². The van der Waals surface area contributed by atoms with E-state index in [1.807, 2.05) is 30.9 Å². The molecule has 2 amide bonds. The number of hydrogen-bond donors (Lipinski definition) is 3. The molecular weight excluding hydrogens is 480 g/mol. The molecule has 3 N–H and O–H groups in total. The van der Waals surface area contributed by atoms with Crippen LogP contribution in [0.4, 0.5) is 0 Å². The van der Waals surface area contributed by atoms with Crippen molar-refractivity contribution in [2.45, 2.75) is 57.6 Å². The summed E-state index contributed by atoms with van der Waals surface area (Å²) in [4.78, 5) is 39.5. The number of nitrogens with one attached hydrogen (secondary N) is 1. The third kappa shape index (κ3) is 5.13. The van der Waals surface area contributed by atoms with Crippen LogP contribution >= 0.6 is 11.6 Å². The smallest absolute Gasteiger partial charge is 0.335 e. The van der Waals surface area contributed by atoms with Gasteiger partial charge in [-0.25, -0.2) is 4.79 Å². The maximum absolute atomic E-state index is 13.7. The summed E-state index contributed by atoms with van der Waals surface area (Å²) in [5, 5.41) is 24.4. The number of likely N-dealkylation sites (tertiary alicyclic amines) is 1. The van der Waals surface area contributed by atoms with Crippen LogP contribution in [0.25, 0.3) is 0 Å². The molecule has 1 saturated carbocycles. The first-order valence-corrected chi connectivity index (χ1v) is 12.8. The summed E-state index contributed by atoms with van der Waals surface area (Å²) in [6.07, 6.45) is 3.66. The van der Waals surface area contributed by atoms with Gasteiger partial charge in [-0.15, -0.1) is 0 Å². The molecule has 2 fully saturated rings. The van der Waals surface area contributed by atoms with Crippen molar-refractivity contribution in [2.24, 2.45) is 11.3 Å². The highest BCUT2D eigenvalue weighted by molar-refractivity contribution is 6.30. The molecule has 0 bridgehead atoms. The van der Waals surface area contributed by atoms with Gasteiger partial charge in [-0.1, -0.05) is 50.4 Å². The van der Waals surface area contributed by atoms with Crippen LogP contribution in [0.3, 0.4) is 0 Å². The number of halogens is 1. The molecule has 0 radical (unpaired) electrons. The Kier molecular flexibility index (Phi) is 7.43. The Morgan fingerprint density at radius 3 is 2.19 bits per heavy atom. The van der Waals surface area contributed by atoms with Gasteiger partial charge in [0.2, 0.25) is 5.91 Å². The number of carboxylic acid groups (broad SMARTS) is 1. The lowest BCUT2D eigenvalue weighted by molar-refractivity contribution is -0.158. The second-order valence-corrected chi connectivity index (χ2v) is 11.1. The second-order valence-electron chi connectivity index (χ2n) is 10.6. The number of piperidine rings is 1.